The van der Waals surface area contributed by atoms with E-state index < -0.39 is 0 Å². The predicted octanol–water partition coefficient (Wildman–Crippen LogP) is 5.23. The lowest BCUT2D eigenvalue weighted by Crippen LogP contribution is -2.05. The molecule has 4 rings (SSSR count). The molecule has 0 spiro atoms. The first-order valence-electron chi connectivity index (χ1n) is 9.53. The van der Waals surface area contributed by atoms with Crippen LogP contribution in [0.15, 0.2) is 84.0 Å². The number of Topliss-reactive ketones (excluding diaryl/α,β-unsaturated/α-hetero) is 1. The second-order valence-electron chi connectivity index (χ2n) is 6.79. The first kappa shape index (κ1) is 19.9. The van der Waals surface area contributed by atoms with Crippen molar-refractivity contribution < 1.29 is 9.53 Å². The molecule has 3 aromatic carbocycles. The molecule has 0 unspecified atom stereocenters. The van der Waals surface area contributed by atoms with Gasteiger partial charge in [-0.15, -0.1) is 10.2 Å². The summed E-state index contributed by atoms with van der Waals surface area (Å²) in [7, 11) is 1.59. The average molecular weight is 416 g/mol. The minimum Gasteiger partial charge on any atom is -0.497 e. The fourth-order valence-electron chi connectivity index (χ4n) is 3.15. The third-order valence-electron chi connectivity index (χ3n) is 4.65. The Morgan fingerprint density at radius 3 is 2.53 bits per heavy atom. The molecule has 4 aromatic rings. The lowest BCUT2D eigenvalue weighted by Gasteiger charge is -2.10. The highest BCUT2D eigenvalue weighted by Crippen LogP contribution is 2.29. The quantitative estimate of drug-likeness (QED) is 0.306. The van der Waals surface area contributed by atoms with Gasteiger partial charge in [0.15, 0.2) is 16.8 Å². The molecule has 0 saturated heterocycles. The van der Waals surface area contributed by atoms with Gasteiger partial charge >= 0.3 is 0 Å². The number of benzene rings is 3. The van der Waals surface area contributed by atoms with E-state index in [0.29, 0.717) is 16.5 Å². The molecule has 1 aromatic heterocycles. The lowest BCUT2D eigenvalue weighted by molar-refractivity contribution is 0.102. The lowest BCUT2D eigenvalue weighted by atomic mass is 10.1. The molecular formula is C24H21N3O2S. The summed E-state index contributed by atoms with van der Waals surface area (Å²) in [5, 5.41) is 9.51. The summed E-state index contributed by atoms with van der Waals surface area (Å²) >= 11 is 1.38. The zero-order chi connectivity index (χ0) is 20.9. The average Bonchev–Trinajstić information content (AvgIpc) is 3.22. The third kappa shape index (κ3) is 4.28. The summed E-state index contributed by atoms with van der Waals surface area (Å²) in [4.78, 5) is 12.7. The SMILES string of the molecule is COc1cccc(C(=O)CSc2nnc(-c3cccc(C)c3)n2-c2ccccc2)c1. The van der Waals surface area contributed by atoms with Crippen molar-refractivity contribution >= 4 is 17.5 Å². The van der Waals surface area contributed by atoms with Crippen molar-refractivity contribution in [1.82, 2.24) is 14.8 Å². The molecule has 0 radical (unpaired) electrons. The highest BCUT2D eigenvalue weighted by molar-refractivity contribution is 7.99. The van der Waals surface area contributed by atoms with Gasteiger partial charge in [-0.25, -0.2) is 0 Å². The first-order valence-corrected chi connectivity index (χ1v) is 10.5. The number of ether oxygens (including phenoxy) is 1. The van der Waals surface area contributed by atoms with Crippen LogP contribution in [-0.2, 0) is 0 Å². The first-order chi connectivity index (χ1) is 14.7. The van der Waals surface area contributed by atoms with Crippen LogP contribution in [0, 0.1) is 6.92 Å². The van der Waals surface area contributed by atoms with Crippen LogP contribution >= 0.6 is 11.8 Å². The fraction of sp³-hybridized carbons (Fsp3) is 0.125. The molecule has 5 nitrogen and oxygen atoms in total. The molecule has 0 N–H and O–H groups in total. The Bertz CT molecular complexity index is 1170. The van der Waals surface area contributed by atoms with E-state index in [9.17, 15) is 4.79 Å². The number of rotatable bonds is 7. The number of para-hydroxylation sites is 1. The summed E-state index contributed by atoms with van der Waals surface area (Å²) in [5.74, 6) is 1.69. The maximum atomic E-state index is 12.7. The Kier molecular flexibility index (Phi) is 5.95. The van der Waals surface area contributed by atoms with Crippen LogP contribution in [0.5, 0.6) is 5.75 Å². The molecule has 0 amide bonds. The van der Waals surface area contributed by atoms with E-state index >= 15 is 0 Å². The Balaban J connectivity index is 1.65. The van der Waals surface area contributed by atoms with Crippen molar-refractivity contribution in [3.05, 3.63) is 90.0 Å². The Morgan fingerprint density at radius 1 is 0.967 bits per heavy atom. The van der Waals surface area contributed by atoms with E-state index in [-0.39, 0.29) is 11.5 Å². The molecule has 0 aliphatic rings. The number of nitrogens with zero attached hydrogens (tertiary/aromatic N) is 3. The normalized spacial score (nSPS) is 10.7. The zero-order valence-electron chi connectivity index (χ0n) is 16.8. The van der Waals surface area contributed by atoms with Crippen LogP contribution in [0.4, 0.5) is 0 Å². The van der Waals surface area contributed by atoms with Crippen molar-refractivity contribution in [3.63, 3.8) is 0 Å². The summed E-state index contributed by atoms with van der Waals surface area (Å²) in [6.45, 7) is 2.05. The van der Waals surface area contributed by atoms with Crippen LogP contribution in [0.1, 0.15) is 15.9 Å². The zero-order valence-corrected chi connectivity index (χ0v) is 17.6. The molecule has 0 saturated carbocycles. The largest absolute Gasteiger partial charge is 0.497 e. The van der Waals surface area contributed by atoms with E-state index in [0.717, 1.165) is 22.6 Å². The second-order valence-corrected chi connectivity index (χ2v) is 7.73. The number of carbonyl (C=O) groups excluding carboxylic acids is 1. The molecule has 150 valence electrons. The number of hydrogen-bond donors (Lipinski definition) is 0. The summed E-state index contributed by atoms with van der Waals surface area (Å²) in [6, 6.07) is 25.3. The highest BCUT2D eigenvalue weighted by atomic mass is 32.2. The molecule has 0 bridgehead atoms. The van der Waals surface area contributed by atoms with Crippen LogP contribution in [-0.4, -0.2) is 33.4 Å². The van der Waals surface area contributed by atoms with Gasteiger partial charge in [-0.3, -0.25) is 9.36 Å². The van der Waals surface area contributed by atoms with E-state index in [1.54, 1.807) is 19.2 Å². The van der Waals surface area contributed by atoms with E-state index in [2.05, 4.69) is 29.3 Å². The molecule has 1 heterocycles. The number of hydrogen-bond acceptors (Lipinski definition) is 5. The molecule has 0 aliphatic heterocycles. The maximum Gasteiger partial charge on any atom is 0.196 e. The Hall–Kier alpha value is -3.38. The number of ketones is 1. The minimum atomic E-state index is 0.0126. The monoisotopic (exact) mass is 415 g/mol. The van der Waals surface area contributed by atoms with Gasteiger partial charge in [-0.05, 0) is 37.3 Å². The van der Waals surface area contributed by atoms with Gasteiger partial charge < -0.3 is 4.74 Å². The van der Waals surface area contributed by atoms with Crippen molar-refractivity contribution in [2.75, 3.05) is 12.9 Å². The van der Waals surface area contributed by atoms with Gasteiger partial charge in [-0.2, -0.15) is 0 Å². The standard InChI is InChI=1S/C24H21N3O2S/c1-17-8-6-10-19(14-17)23-25-26-24(27(23)20-11-4-3-5-12-20)30-16-22(28)18-9-7-13-21(15-18)29-2/h3-15H,16H2,1-2H3. The number of aromatic nitrogens is 3. The predicted molar refractivity (Wildman–Crippen MR) is 120 cm³/mol. The number of thioether (sulfide) groups is 1. The number of carbonyl (C=O) groups is 1. The van der Waals surface area contributed by atoms with Gasteiger partial charge in [0.1, 0.15) is 5.75 Å². The molecule has 0 aliphatic carbocycles. The highest BCUT2D eigenvalue weighted by Gasteiger charge is 2.18. The van der Waals surface area contributed by atoms with Crippen LogP contribution < -0.4 is 4.74 Å². The summed E-state index contributed by atoms with van der Waals surface area (Å²) in [5.41, 5.74) is 3.71. The van der Waals surface area contributed by atoms with Gasteiger partial charge in [0, 0.05) is 16.8 Å². The van der Waals surface area contributed by atoms with Gasteiger partial charge in [-0.1, -0.05) is 65.9 Å². The third-order valence-corrected chi connectivity index (χ3v) is 5.58. The number of methoxy groups -OCH3 is 1. The molecular weight excluding hydrogens is 394 g/mol. The Labute approximate surface area is 179 Å². The molecule has 6 heteroatoms. The molecule has 0 atom stereocenters. The maximum absolute atomic E-state index is 12.7. The van der Waals surface area contributed by atoms with Crippen molar-refractivity contribution in [1.29, 1.82) is 0 Å². The van der Waals surface area contributed by atoms with Crippen molar-refractivity contribution in [2.45, 2.75) is 12.1 Å². The van der Waals surface area contributed by atoms with Gasteiger partial charge in [0.25, 0.3) is 0 Å². The van der Waals surface area contributed by atoms with Gasteiger partial charge in [0.05, 0.1) is 12.9 Å². The smallest absolute Gasteiger partial charge is 0.196 e. The van der Waals surface area contributed by atoms with E-state index in [1.807, 2.05) is 59.2 Å². The topological polar surface area (TPSA) is 57.0 Å². The summed E-state index contributed by atoms with van der Waals surface area (Å²) < 4.78 is 7.22. The van der Waals surface area contributed by atoms with Gasteiger partial charge in [0.2, 0.25) is 0 Å². The van der Waals surface area contributed by atoms with E-state index in [4.69, 9.17) is 4.74 Å². The fourth-order valence-corrected chi connectivity index (χ4v) is 4.00. The summed E-state index contributed by atoms with van der Waals surface area (Å²) in [6.07, 6.45) is 0. The van der Waals surface area contributed by atoms with Crippen molar-refractivity contribution in [2.24, 2.45) is 0 Å². The molecule has 0 fully saturated rings. The second kappa shape index (κ2) is 8.97. The van der Waals surface area contributed by atoms with E-state index in [1.165, 1.54) is 11.8 Å². The minimum absolute atomic E-state index is 0.0126. The van der Waals surface area contributed by atoms with Crippen LogP contribution in [0.2, 0.25) is 0 Å². The molecule has 30 heavy (non-hydrogen) atoms. The Morgan fingerprint density at radius 2 is 1.77 bits per heavy atom. The van der Waals surface area contributed by atoms with Crippen molar-refractivity contribution in [3.8, 4) is 22.8 Å². The van der Waals surface area contributed by atoms with Crippen LogP contribution in [0.25, 0.3) is 17.1 Å². The van der Waals surface area contributed by atoms with Crippen LogP contribution in [0.3, 0.4) is 0 Å². The number of aryl methyl sites for hydroxylation is 1.